The van der Waals surface area contributed by atoms with E-state index in [1.807, 2.05) is 42.5 Å². The van der Waals surface area contributed by atoms with Crippen molar-refractivity contribution in [1.29, 1.82) is 0 Å². The molecule has 0 bridgehead atoms. The molecule has 2 aromatic heterocycles. The maximum atomic E-state index is 6.64. The fraction of sp³-hybridized carbons (Fsp3) is 0. The predicted octanol–water partition coefficient (Wildman–Crippen LogP) is 13.1. The lowest BCUT2D eigenvalue weighted by molar-refractivity contribution is 0.669. The van der Waals surface area contributed by atoms with Crippen molar-refractivity contribution in [3.05, 3.63) is 176 Å². The molecular formula is C49H29N3O. The summed E-state index contributed by atoms with van der Waals surface area (Å²) in [5, 5.41) is 11.6. The average Bonchev–Trinajstić information content (AvgIpc) is 3.61. The summed E-state index contributed by atoms with van der Waals surface area (Å²) in [7, 11) is 0. The van der Waals surface area contributed by atoms with Crippen LogP contribution in [0.3, 0.4) is 0 Å². The second-order valence-electron chi connectivity index (χ2n) is 13.6. The van der Waals surface area contributed by atoms with Gasteiger partial charge in [0.05, 0.1) is 0 Å². The molecule has 0 aliphatic rings. The first-order valence-corrected chi connectivity index (χ1v) is 17.9. The highest BCUT2D eigenvalue weighted by Crippen LogP contribution is 2.43. The second-order valence-corrected chi connectivity index (χ2v) is 13.6. The van der Waals surface area contributed by atoms with Gasteiger partial charge in [-0.15, -0.1) is 0 Å². The van der Waals surface area contributed by atoms with Gasteiger partial charge in [0.25, 0.3) is 0 Å². The van der Waals surface area contributed by atoms with E-state index in [2.05, 4.69) is 133 Å². The van der Waals surface area contributed by atoms with Crippen LogP contribution in [0.2, 0.25) is 0 Å². The normalized spacial score (nSPS) is 11.8. The van der Waals surface area contributed by atoms with Gasteiger partial charge in [-0.05, 0) is 78.5 Å². The Morgan fingerprint density at radius 3 is 1.85 bits per heavy atom. The lowest BCUT2D eigenvalue weighted by atomic mass is 9.90. The molecule has 53 heavy (non-hydrogen) atoms. The number of nitrogens with zero attached hydrogens (tertiary/aromatic N) is 3. The van der Waals surface area contributed by atoms with E-state index < -0.39 is 0 Å². The molecule has 0 atom stereocenters. The van der Waals surface area contributed by atoms with Gasteiger partial charge in [0.15, 0.2) is 17.5 Å². The molecule has 9 aromatic carbocycles. The highest BCUT2D eigenvalue weighted by molar-refractivity contribution is 6.22. The Hall–Kier alpha value is -7.17. The molecule has 0 aliphatic heterocycles. The van der Waals surface area contributed by atoms with Gasteiger partial charge in [0.1, 0.15) is 11.2 Å². The lowest BCUT2D eigenvalue weighted by Crippen LogP contribution is -2.00. The Balaban J connectivity index is 1.22. The molecule has 0 saturated carbocycles. The summed E-state index contributed by atoms with van der Waals surface area (Å²) in [6.07, 6.45) is 0. The third-order valence-electron chi connectivity index (χ3n) is 10.5. The summed E-state index contributed by atoms with van der Waals surface area (Å²) in [4.78, 5) is 15.5. The summed E-state index contributed by atoms with van der Waals surface area (Å²) in [6.45, 7) is 0. The quantitative estimate of drug-likeness (QED) is 0.174. The number of furan rings is 1. The van der Waals surface area contributed by atoms with Crippen molar-refractivity contribution >= 4 is 65.0 Å². The van der Waals surface area contributed by atoms with Crippen LogP contribution in [-0.2, 0) is 0 Å². The Labute approximate surface area is 304 Å². The average molecular weight is 676 g/mol. The Kier molecular flexibility index (Phi) is 6.52. The maximum Gasteiger partial charge on any atom is 0.164 e. The van der Waals surface area contributed by atoms with Gasteiger partial charge in [-0.2, -0.15) is 0 Å². The summed E-state index contributed by atoms with van der Waals surface area (Å²) in [5.41, 5.74) is 6.52. The van der Waals surface area contributed by atoms with E-state index in [1.165, 1.54) is 37.7 Å². The third-order valence-corrected chi connectivity index (χ3v) is 10.5. The van der Waals surface area contributed by atoms with Gasteiger partial charge < -0.3 is 4.42 Å². The Morgan fingerprint density at radius 2 is 0.962 bits per heavy atom. The standard InChI is InChI=1S/C49H29N3O/c1-2-13-33(14-3-1)47-50-48(35-22-21-30-11-4-5-15-34(30)27-35)52-49(51-47)42-28-36(29-44-46(42)41-18-8-9-20-43(41)53-44)38-19-10-16-32-24-25-39-37-17-7-6-12-31(37)23-26-40(39)45(32)38/h1-29H. The van der Waals surface area contributed by atoms with Crippen molar-refractivity contribution in [3.63, 3.8) is 0 Å². The molecule has 0 N–H and O–H groups in total. The molecule has 11 aromatic rings. The molecule has 0 aliphatic carbocycles. The van der Waals surface area contributed by atoms with E-state index in [1.54, 1.807) is 0 Å². The first-order valence-electron chi connectivity index (χ1n) is 17.9. The number of hydrogen-bond donors (Lipinski definition) is 0. The van der Waals surface area contributed by atoms with E-state index in [0.717, 1.165) is 55.1 Å². The number of aromatic nitrogens is 3. The minimum Gasteiger partial charge on any atom is -0.456 e. The number of para-hydroxylation sites is 1. The Bertz CT molecular complexity index is 3240. The van der Waals surface area contributed by atoms with Crippen molar-refractivity contribution in [1.82, 2.24) is 15.0 Å². The minimum absolute atomic E-state index is 0.594. The van der Waals surface area contributed by atoms with Crippen molar-refractivity contribution in [3.8, 4) is 45.3 Å². The van der Waals surface area contributed by atoms with E-state index in [9.17, 15) is 0 Å². The Morgan fingerprint density at radius 1 is 0.302 bits per heavy atom. The first kappa shape index (κ1) is 29.5. The van der Waals surface area contributed by atoms with Gasteiger partial charge in [-0.1, -0.05) is 152 Å². The van der Waals surface area contributed by atoms with Gasteiger partial charge in [0.2, 0.25) is 0 Å². The van der Waals surface area contributed by atoms with Crippen LogP contribution < -0.4 is 0 Å². The maximum absolute atomic E-state index is 6.64. The minimum atomic E-state index is 0.594. The van der Waals surface area contributed by atoms with Crippen molar-refractivity contribution in [2.45, 2.75) is 0 Å². The van der Waals surface area contributed by atoms with Crippen LogP contribution in [0.1, 0.15) is 0 Å². The first-order chi connectivity index (χ1) is 26.2. The highest BCUT2D eigenvalue weighted by atomic mass is 16.3. The van der Waals surface area contributed by atoms with E-state index in [0.29, 0.717) is 17.5 Å². The van der Waals surface area contributed by atoms with Gasteiger partial charge in [-0.25, -0.2) is 15.0 Å². The summed E-state index contributed by atoms with van der Waals surface area (Å²) >= 11 is 0. The molecule has 4 heteroatoms. The van der Waals surface area contributed by atoms with Crippen LogP contribution in [0.25, 0.3) is 110 Å². The molecule has 11 rings (SSSR count). The van der Waals surface area contributed by atoms with E-state index >= 15 is 0 Å². The number of benzene rings is 9. The van der Waals surface area contributed by atoms with E-state index in [4.69, 9.17) is 19.4 Å². The van der Waals surface area contributed by atoms with Gasteiger partial charge >= 0.3 is 0 Å². The zero-order chi connectivity index (χ0) is 34.9. The molecule has 0 saturated heterocycles. The lowest BCUT2D eigenvalue weighted by Gasteiger charge is -2.14. The number of fused-ring (bicyclic) bond motifs is 9. The zero-order valence-corrected chi connectivity index (χ0v) is 28.5. The molecule has 0 fully saturated rings. The van der Waals surface area contributed by atoms with Crippen molar-refractivity contribution in [2.75, 3.05) is 0 Å². The van der Waals surface area contributed by atoms with Crippen LogP contribution >= 0.6 is 0 Å². The van der Waals surface area contributed by atoms with Crippen LogP contribution in [0.4, 0.5) is 0 Å². The van der Waals surface area contributed by atoms with Crippen molar-refractivity contribution < 1.29 is 4.42 Å². The number of rotatable bonds is 4. The summed E-state index contributed by atoms with van der Waals surface area (Å²) in [6, 6.07) is 61.7. The summed E-state index contributed by atoms with van der Waals surface area (Å²) < 4.78 is 6.64. The van der Waals surface area contributed by atoms with Gasteiger partial charge in [0, 0.05) is 27.5 Å². The van der Waals surface area contributed by atoms with Crippen LogP contribution in [0, 0.1) is 0 Å². The molecule has 2 heterocycles. The predicted molar refractivity (Wildman–Crippen MR) is 219 cm³/mol. The number of hydrogen-bond acceptors (Lipinski definition) is 4. The van der Waals surface area contributed by atoms with Crippen LogP contribution in [0.15, 0.2) is 180 Å². The van der Waals surface area contributed by atoms with Crippen molar-refractivity contribution in [2.24, 2.45) is 0 Å². The molecule has 0 radical (unpaired) electrons. The molecule has 0 spiro atoms. The second kappa shape index (κ2) is 11.7. The third kappa shape index (κ3) is 4.80. The van der Waals surface area contributed by atoms with E-state index in [-0.39, 0.29) is 0 Å². The largest absolute Gasteiger partial charge is 0.456 e. The van der Waals surface area contributed by atoms with Crippen LogP contribution in [0.5, 0.6) is 0 Å². The fourth-order valence-corrected chi connectivity index (χ4v) is 7.97. The molecule has 246 valence electrons. The topological polar surface area (TPSA) is 51.8 Å². The zero-order valence-electron chi connectivity index (χ0n) is 28.5. The summed E-state index contributed by atoms with van der Waals surface area (Å²) in [5.74, 6) is 1.83. The fourth-order valence-electron chi connectivity index (χ4n) is 7.97. The van der Waals surface area contributed by atoms with Crippen LogP contribution in [-0.4, -0.2) is 15.0 Å². The highest BCUT2D eigenvalue weighted by Gasteiger charge is 2.21. The molecular weight excluding hydrogens is 647 g/mol. The monoisotopic (exact) mass is 675 g/mol. The molecule has 4 nitrogen and oxygen atoms in total. The SMILES string of the molecule is c1ccc(-c2nc(-c3ccc4ccccc4c3)nc(-c3cc(-c4cccc5ccc6c7ccccc7ccc6c45)cc4oc5ccccc5c34)n2)cc1. The smallest absolute Gasteiger partial charge is 0.164 e. The molecule has 0 amide bonds. The molecule has 0 unspecified atom stereocenters. The van der Waals surface area contributed by atoms with Gasteiger partial charge in [-0.3, -0.25) is 0 Å².